The third-order valence-corrected chi connectivity index (χ3v) is 4.11. The Labute approximate surface area is 118 Å². The van der Waals surface area contributed by atoms with Gasteiger partial charge in [-0.3, -0.25) is 4.79 Å². The van der Waals surface area contributed by atoms with Crippen LogP contribution < -0.4 is 5.32 Å². The van der Waals surface area contributed by atoms with Gasteiger partial charge in [-0.1, -0.05) is 6.07 Å². The lowest BCUT2D eigenvalue weighted by atomic mass is 10.3. The number of amides is 1. The van der Waals surface area contributed by atoms with E-state index < -0.39 is 9.84 Å². The Morgan fingerprint density at radius 3 is 2.63 bits per heavy atom. The van der Waals surface area contributed by atoms with Crippen molar-refractivity contribution < 1.29 is 17.6 Å². The van der Waals surface area contributed by atoms with E-state index in [-0.39, 0.29) is 10.8 Å². The number of carbonyl (C=O) groups is 1. The normalized spacial score (nSPS) is 11.3. The second kappa shape index (κ2) is 5.18. The van der Waals surface area contributed by atoms with Gasteiger partial charge in [0.1, 0.15) is 0 Å². The molecule has 1 amide bonds. The van der Waals surface area contributed by atoms with Crippen molar-refractivity contribution in [1.82, 2.24) is 0 Å². The molecule has 2 aromatic rings. The highest BCUT2D eigenvalue weighted by molar-refractivity contribution is 9.10. The fourth-order valence-electron chi connectivity index (χ4n) is 1.46. The number of rotatable bonds is 3. The Kier molecular flexibility index (Phi) is 3.77. The van der Waals surface area contributed by atoms with E-state index >= 15 is 0 Å². The predicted molar refractivity (Wildman–Crippen MR) is 73.9 cm³/mol. The second-order valence-electron chi connectivity index (χ2n) is 3.86. The van der Waals surface area contributed by atoms with Crippen LogP contribution in [0, 0.1) is 0 Å². The zero-order valence-corrected chi connectivity index (χ0v) is 12.3. The molecule has 0 atom stereocenters. The summed E-state index contributed by atoms with van der Waals surface area (Å²) in [6, 6.07) is 7.57. The first-order chi connectivity index (χ1) is 8.88. The highest BCUT2D eigenvalue weighted by Crippen LogP contribution is 2.20. The maximum absolute atomic E-state index is 11.9. The van der Waals surface area contributed by atoms with Crippen LogP contribution in [0.25, 0.3) is 0 Å². The van der Waals surface area contributed by atoms with E-state index in [9.17, 15) is 13.2 Å². The zero-order chi connectivity index (χ0) is 14.0. The quantitative estimate of drug-likeness (QED) is 0.929. The van der Waals surface area contributed by atoms with Crippen LogP contribution in [0.2, 0.25) is 0 Å². The third kappa shape index (κ3) is 3.24. The van der Waals surface area contributed by atoms with Gasteiger partial charge in [0.2, 0.25) is 0 Å². The number of sulfone groups is 1. The molecule has 100 valence electrons. The molecule has 0 bridgehead atoms. The molecule has 0 unspecified atom stereocenters. The number of benzene rings is 1. The van der Waals surface area contributed by atoms with E-state index in [2.05, 4.69) is 21.2 Å². The molecular weight excluding hydrogens is 334 g/mol. The van der Waals surface area contributed by atoms with E-state index in [1.165, 1.54) is 24.5 Å². The molecule has 1 aromatic heterocycles. The van der Waals surface area contributed by atoms with E-state index in [1.54, 1.807) is 12.1 Å². The lowest BCUT2D eigenvalue weighted by molar-refractivity contribution is 0.102. The second-order valence-corrected chi connectivity index (χ2v) is 6.60. The molecule has 2 rings (SSSR count). The summed E-state index contributed by atoms with van der Waals surface area (Å²) in [7, 11) is -3.30. The maximum Gasteiger partial charge on any atom is 0.260 e. The minimum Gasteiger partial charge on any atom is -0.457 e. The lowest BCUT2D eigenvalue weighted by Crippen LogP contribution is -2.12. The van der Waals surface area contributed by atoms with Gasteiger partial charge in [0.05, 0.1) is 16.7 Å². The molecule has 1 heterocycles. The average Bonchev–Trinajstić information content (AvgIpc) is 2.75. The van der Waals surface area contributed by atoms with Crippen LogP contribution >= 0.6 is 15.9 Å². The molecule has 19 heavy (non-hydrogen) atoms. The number of furan rings is 1. The topological polar surface area (TPSA) is 76.4 Å². The molecule has 0 aliphatic heterocycles. The molecule has 7 heteroatoms. The van der Waals surface area contributed by atoms with Crippen LogP contribution in [0.3, 0.4) is 0 Å². The van der Waals surface area contributed by atoms with E-state index in [0.717, 1.165) is 6.26 Å². The lowest BCUT2D eigenvalue weighted by Gasteiger charge is -2.05. The fourth-order valence-corrected chi connectivity index (χ4v) is 2.55. The Morgan fingerprint density at radius 1 is 1.32 bits per heavy atom. The van der Waals surface area contributed by atoms with Crippen LogP contribution in [-0.4, -0.2) is 20.6 Å². The van der Waals surface area contributed by atoms with Crippen molar-refractivity contribution in [1.29, 1.82) is 0 Å². The maximum atomic E-state index is 11.9. The summed E-state index contributed by atoms with van der Waals surface area (Å²) in [5.74, 6) is -0.383. The Bertz CT molecular complexity index is 721. The van der Waals surface area contributed by atoms with Crippen LogP contribution in [0.15, 0.2) is 50.6 Å². The van der Waals surface area contributed by atoms with E-state index in [0.29, 0.717) is 15.9 Å². The van der Waals surface area contributed by atoms with E-state index in [1.807, 2.05) is 0 Å². The van der Waals surface area contributed by atoms with Gasteiger partial charge in [-0.05, 0) is 40.2 Å². The number of hydrogen-bond donors (Lipinski definition) is 1. The zero-order valence-electron chi connectivity index (χ0n) is 9.88. The van der Waals surface area contributed by atoms with Crippen LogP contribution in [-0.2, 0) is 9.84 Å². The number of nitrogens with one attached hydrogen (secondary N) is 1. The summed E-state index contributed by atoms with van der Waals surface area (Å²) >= 11 is 3.10. The van der Waals surface area contributed by atoms with Crippen molar-refractivity contribution in [3.63, 3.8) is 0 Å². The Morgan fingerprint density at radius 2 is 2.05 bits per heavy atom. The highest BCUT2D eigenvalue weighted by atomic mass is 79.9. The van der Waals surface area contributed by atoms with Gasteiger partial charge < -0.3 is 9.73 Å². The standard InChI is InChI=1S/C12H10BrNO4S/c1-19(16,17)9-4-2-3-8(7-9)14-12(15)10-5-6-18-11(10)13/h2-7H,1H3,(H,14,15). The molecule has 0 spiro atoms. The van der Waals surface area contributed by atoms with Gasteiger partial charge in [-0.2, -0.15) is 0 Å². The van der Waals surface area contributed by atoms with Crippen molar-refractivity contribution in [3.8, 4) is 0 Å². The number of carbonyl (C=O) groups excluding carboxylic acids is 1. The minimum absolute atomic E-state index is 0.150. The summed E-state index contributed by atoms with van der Waals surface area (Å²) in [5, 5.41) is 2.60. The number of hydrogen-bond acceptors (Lipinski definition) is 4. The smallest absolute Gasteiger partial charge is 0.260 e. The Hall–Kier alpha value is -1.60. The first kappa shape index (κ1) is 13.8. The third-order valence-electron chi connectivity index (χ3n) is 2.38. The fraction of sp³-hybridized carbons (Fsp3) is 0.0833. The molecule has 0 radical (unpaired) electrons. The monoisotopic (exact) mass is 343 g/mol. The van der Waals surface area contributed by atoms with E-state index in [4.69, 9.17) is 4.42 Å². The van der Waals surface area contributed by atoms with Crippen molar-refractivity contribution in [2.75, 3.05) is 11.6 Å². The van der Waals surface area contributed by atoms with Crippen molar-refractivity contribution >= 4 is 37.4 Å². The molecule has 5 nitrogen and oxygen atoms in total. The summed E-state index contributed by atoms with van der Waals surface area (Å²) in [4.78, 5) is 12.1. The summed E-state index contributed by atoms with van der Waals surface area (Å²) in [6.45, 7) is 0. The first-order valence-electron chi connectivity index (χ1n) is 5.22. The molecule has 0 aliphatic carbocycles. The predicted octanol–water partition coefficient (Wildman–Crippen LogP) is 2.70. The largest absolute Gasteiger partial charge is 0.457 e. The molecule has 0 aliphatic rings. The summed E-state index contributed by atoms with van der Waals surface area (Å²) in [6.07, 6.45) is 2.49. The van der Waals surface area contributed by atoms with Crippen molar-refractivity contribution in [3.05, 3.63) is 46.8 Å². The van der Waals surface area contributed by atoms with Gasteiger partial charge >= 0.3 is 0 Å². The number of halogens is 1. The van der Waals surface area contributed by atoms with Gasteiger partial charge in [-0.15, -0.1) is 0 Å². The summed E-state index contributed by atoms with van der Waals surface area (Å²) < 4.78 is 28.1. The average molecular weight is 344 g/mol. The van der Waals surface area contributed by atoms with Crippen LogP contribution in [0.1, 0.15) is 10.4 Å². The Balaban J connectivity index is 2.25. The van der Waals surface area contributed by atoms with Crippen molar-refractivity contribution in [2.45, 2.75) is 4.90 Å². The van der Waals surface area contributed by atoms with Gasteiger partial charge in [0.15, 0.2) is 14.5 Å². The SMILES string of the molecule is CS(=O)(=O)c1cccc(NC(=O)c2ccoc2Br)c1. The molecular formula is C12H10BrNO4S. The van der Waals surface area contributed by atoms with Gasteiger partial charge in [0, 0.05) is 11.9 Å². The summed E-state index contributed by atoms with van der Waals surface area (Å²) in [5.41, 5.74) is 0.741. The molecule has 1 aromatic carbocycles. The van der Waals surface area contributed by atoms with Crippen molar-refractivity contribution in [2.24, 2.45) is 0 Å². The molecule has 1 N–H and O–H groups in total. The molecule has 0 saturated heterocycles. The highest BCUT2D eigenvalue weighted by Gasteiger charge is 2.14. The van der Waals surface area contributed by atoms with Gasteiger partial charge in [-0.25, -0.2) is 8.42 Å². The minimum atomic E-state index is -3.30. The number of anilines is 1. The van der Waals surface area contributed by atoms with Crippen LogP contribution in [0.5, 0.6) is 0 Å². The van der Waals surface area contributed by atoms with Crippen LogP contribution in [0.4, 0.5) is 5.69 Å². The van der Waals surface area contributed by atoms with Gasteiger partial charge in [0.25, 0.3) is 5.91 Å². The molecule has 0 fully saturated rings. The first-order valence-corrected chi connectivity index (χ1v) is 7.91. The molecule has 0 saturated carbocycles.